The lowest BCUT2D eigenvalue weighted by molar-refractivity contribution is -0.0268. The normalized spacial score (nSPS) is 18.7. The number of likely N-dealkylation sites (N-methyl/N-ethyl adjacent to an activating group) is 1. The van der Waals surface area contributed by atoms with E-state index in [2.05, 4.69) is 38.0 Å². The molecule has 1 atom stereocenters. The highest BCUT2D eigenvalue weighted by atomic mass is 16.5. The highest BCUT2D eigenvalue weighted by Gasteiger charge is 2.23. The third-order valence-electron chi connectivity index (χ3n) is 4.04. The minimum absolute atomic E-state index is 0.183. The summed E-state index contributed by atoms with van der Waals surface area (Å²) in [6.07, 6.45) is 5.63. The van der Waals surface area contributed by atoms with Crippen molar-refractivity contribution < 1.29 is 4.74 Å². The summed E-state index contributed by atoms with van der Waals surface area (Å²) in [6, 6.07) is 8.02. The van der Waals surface area contributed by atoms with E-state index in [1.165, 1.54) is 5.56 Å². The van der Waals surface area contributed by atoms with E-state index in [0.29, 0.717) is 0 Å². The Balaban J connectivity index is 1.57. The summed E-state index contributed by atoms with van der Waals surface area (Å²) in [5, 5.41) is 8.17. The van der Waals surface area contributed by atoms with Crippen LogP contribution in [0.2, 0.25) is 0 Å². The lowest BCUT2D eigenvalue weighted by atomic mass is 10.2. The van der Waals surface area contributed by atoms with Gasteiger partial charge in [-0.25, -0.2) is 0 Å². The van der Waals surface area contributed by atoms with Gasteiger partial charge in [0.2, 0.25) is 0 Å². The van der Waals surface area contributed by atoms with E-state index in [4.69, 9.17) is 4.74 Å². The first kappa shape index (κ1) is 15.8. The topological polar surface area (TPSA) is 54.4 Å². The second-order valence-electron chi connectivity index (χ2n) is 5.71. The molecule has 0 bridgehead atoms. The molecule has 1 aliphatic heterocycles. The lowest BCUT2D eigenvalue weighted by Gasteiger charge is -2.35. The largest absolute Gasteiger partial charge is 0.374 e. The average molecular weight is 313 g/mol. The first-order valence-corrected chi connectivity index (χ1v) is 8.10. The monoisotopic (exact) mass is 313 g/mol. The van der Waals surface area contributed by atoms with Gasteiger partial charge in [0, 0.05) is 51.3 Å². The van der Waals surface area contributed by atoms with Gasteiger partial charge in [-0.05, 0) is 30.7 Å². The van der Waals surface area contributed by atoms with Gasteiger partial charge in [0.15, 0.2) is 5.82 Å². The zero-order valence-corrected chi connectivity index (χ0v) is 13.5. The Bertz CT molecular complexity index is 580. The summed E-state index contributed by atoms with van der Waals surface area (Å²) in [6.45, 7) is 7.42. The first-order valence-electron chi connectivity index (χ1n) is 8.10. The summed E-state index contributed by atoms with van der Waals surface area (Å²) >= 11 is 0. The molecule has 0 amide bonds. The number of aromatic nitrogens is 3. The Kier molecular flexibility index (Phi) is 5.50. The number of morpholine rings is 1. The molecule has 3 heterocycles. The maximum atomic E-state index is 5.95. The Hall–Kier alpha value is -2.05. The summed E-state index contributed by atoms with van der Waals surface area (Å²) in [4.78, 5) is 8.83. The van der Waals surface area contributed by atoms with Gasteiger partial charge in [0.1, 0.15) is 0 Å². The first-order chi connectivity index (χ1) is 11.3. The highest BCUT2D eigenvalue weighted by molar-refractivity contribution is 5.36. The van der Waals surface area contributed by atoms with Crippen LogP contribution in [-0.4, -0.2) is 59.0 Å². The molecule has 3 rings (SSSR count). The molecule has 1 aliphatic rings. The van der Waals surface area contributed by atoms with Gasteiger partial charge in [-0.15, -0.1) is 5.10 Å². The van der Waals surface area contributed by atoms with E-state index in [1.54, 1.807) is 6.20 Å². The van der Waals surface area contributed by atoms with Crippen LogP contribution in [0.4, 0.5) is 5.82 Å². The number of hydrogen-bond acceptors (Lipinski definition) is 6. The summed E-state index contributed by atoms with van der Waals surface area (Å²) < 4.78 is 5.95. The molecule has 0 saturated carbocycles. The van der Waals surface area contributed by atoms with Gasteiger partial charge < -0.3 is 9.64 Å². The molecule has 0 unspecified atom stereocenters. The van der Waals surface area contributed by atoms with Gasteiger partial charge >= 0.3 is 0 Å². The summed E-state index contributed by atoms with van der Waals surface area (Å²) in [5.74, 6) is 0.906. The van der Waals surface area contributed by atoms with Crippen LogP contribution in [0.3, 0.4) is 0 Å². The Morgan fingerprint density at radius 1 is 1.30 bits per heavy atom. The highest BCUT2D eigenvalue weighted by Crippen LogP contribution is 2.14. The smallest absolute Gasteiger partial charge is 0.151 e. The van der Waals surface area contributed by atoms with Crippen LogP contribution in [0, 0.1) is 0 Å². The standard InChI is InChI=1S/C17H23N5O/c1-2-22(17-6-4-8-19-20-17)14-16-13-21(9-10-23-16)12-15-5-3-7-18-11-15/h3-8,11,16H,2,9-10,12-14H2,1H3/t16-/m0/s1. The molecule has 0 aliphatic carbocycles. The quantitative estimate of drug-likeness (QED) is 0.807. The van der Waals surface area contributed by atoms with Crippen LogP contribution < -0.4 is 4.90 Å². The molecule has 0 radical (unpaired) electrons. The number of ether oxygens (including phenoxy) is 1. The average Bonchev–Trinajstić information content (AvgIpc) is 2.62. The Labute approximate surface area is 137 Å². The number of pyridine rings is 1. The van der Waals surface area contributed by atoms with Crippen LogP contribution in [0.15, 0.2) is 42.9 Å². The second-order valence-corrected chi connectivity index (χ2v) is 5.71. The number of rotatable bonds is 6. The molecular formula is C17H23N5O. The van der Waals surface area contributed by atoms with Gasteiger partial charge in [0.25, 0.3) is 0 Å². The van der Waals surface area contributed by atoms with E-state index in [-0.39, 0.29) is 6.10 Å². The molecule has 1 saturated heterocycles. The Morgan fingerprint density at radius 2 is 2.22 bits per heavy atom. The van der Waals surface area contributed by atoms with E-state index in [1.807, 2.05) is 30.6 Å². The van der Waals surface area contributed by atoms with E-state index < -0.39 is 0 Å². The van der Waals surface area contributed by atoms with Gasteiger partial charge in [-0.2, -0.15) is 5.10 Å². The Morgan fingerprint density at radius 3 is 2.96 bits per heavy atom. The lowest BCUT2D eigenvalue weighted by Crippen LogP contribution is -2.47. The van der Waals surface area contributed by atoms with Crippen molar-refractivity contribution in [1.82, 2.24) is 20.1 Å². The maximum Gasteiger partial charge on any atom is 0.151 e. The molecule has 0 aromatic carbocycles. The molecule has 6 nitrogen and oxygen atoms in total. The van der Waals surface area contributed by atoms with Crippen molar-refractivity contribution in [3.63, 3.8) is 0 Å². The van der Waals surface area contributed by atoms with Crippen molar-refractivity contribution in [3.8, 4) is 0 Å². The fourth-order valence-corrected chi connectivity index (χ4v) is 2.88. The molecule has 2 aromatic rings. The molecule has 2 aromatic heterocycles. The molecule has 122 valence electrons. The molecule has 6 heteroatoms. The predicted molar refractivity (Wildman–Crippen MR) is 89.2 cm³/mol. The predicted octanol–water partition coefficient (Wildman–Crippen LogP) is 1.60. The molecule has 1 fully saturated rings. The maximum absolute atomic E-state index is 5.95. The second kappa shape index (κ2) is 7.99. The van der Waals surface area contributed by atoms with Crippen molar-refractivity contribution in [2.45, 2.75) is 19.6 Å². The number of hydrogen-bond donors (Lipinski definition) is 0. The summed E-state index contributed by atoms with van der Waals surface area (Å²) in [5.41, 5.74) is 1.24. The fraction of sp³-hybridized carbons (Fsp3) is 0.471. The zero-order valence-electron chi connectivity index (χ0n) is 13.5. The van der Waals surface area contributed by atoms with Crippen LogP contribution in [0.5, 0.6) is 0 Å². The van der Waals surface area contributed by atoms with Crippen molar-refractivity contribution in [1.29, 1.82) is 0 Å². The van der Waals surface area contributed by atoms with Gasteiger partial charge in [-0.3, -0.25) is 9.88 Å². The van der Waals surface area contributed by atoms with Gasteiger partial charge in [-0.1, -0.05) is 6.07 Å². The molecule has 23 heavy (non-hydrogen) atoms. The van der Waals surface area contributed by atoms with Crippen LogP contribution in [0.25, 0.3) is 0 Å². The van der Waals surface area contributed by atoms with Crippen molar-refractivity contribution in [2.75, 3.05) is 37.7 Å². The van der Waals surface area contributed by atoms with Crippen LogP contribution >= 0.6 is 0 Å². The van der Waals surface area contributed by atoms with Gasteiger partial charge in [0.05, 0.1) is 12.7 Å². The van der Waals surface area contributed by atoms with Crippen LogP contribution in [0.1, 0.15) is 12.5 Å². The molecular weight excluding hydrogens is 290 g/mol. The molecule has 0 N–H and O–H groups in total. The van der Waals surface area contributed by atoms with E-state index in [0.717, 1.165) is 45.1 Å². The minimum Gasteiger partial charge on any atom is -0.374 e. The number of anilines is 1. The summed E-state index contributed by atoms with van der Waals surface area (Å²) in [7, 11) is 0. The van der Waals surface area contributed by atoms with Crippen LogP contribution in [-0.2, 0) is 11.3 Å². The van der Waals surface area contributed by atoms with E-state index >= 15 is 0 Å². The SMILES string of the molecule is CCN(C[C@@H]1CN(Cc2cccnc2)CCO1)c1cccnn1. The number of nitrogens with zero attached hydrogens (tertiary/aromatic N) is 5. The van der Waals surface area contributed by atoms with Crippen molar-refractivity contribution in [3.05, 3.63) is 48.4 Å². The van der Waals surface area contributed by atoms with E-state index in [9.17, 15) is 0 Å². The van der Waals surface area contributed by atoms with Crippen molar-refractivity contribution in [2.24, 2.45) is 0 Å². The minimum atomic E-state index is 0.183. The third-order valence-corrected chi connectivity index (χ3v) is 4.04. The molecule has 0 spiro atoms. The van der Waals surface area contributed by atoms with Crippen molar-refractivity contribution >= 4 is 5.82 Å². The zero-order chi connectivity index (χ0) is 15.9. The fourth-order valence-electron chi connectivity index (χ4n) is 2.88. The third kappa shape index (κ3) is 4.46.